The zero-order valence-electron chi connectivity index (χ0n) is 10.7. The van der Waals surface area contributed by atoms with Gasteiger partial charge in [-0.1, -0.05) is 24.3 Å². The van der Waals surface area contributed by atoms with Crippen molar-refractivity contribution in [2.45, 2.75) is 38.9 Å². The largest absolute Gasteiger partial charge is 0.352 e. The molecule has 2 rings (SSSR count). The average molecular weight is 244 g/mol. The molecule has 18 heavy (non-hydrogen) atoms. The van der Waals surface area contributed by atoms with Crippen LogP contribution in [0.3, 0.4) is 0 Å². The van der Waals surface area contributed by atoms with Crippen LogP contribution in [0.5, 0.6) is 0 Å². The lowest BCUT2D eigenvalue weighted by Gasteiger charge is -2.06. The van der Waals surface area contributed by atoms with Crippen LogP contribution in [0.2, 0.25) is 0 Å². The van der Waals surface area contributed by atoms with Crippen LogP contribution in [0.15, 0.2) is 30.9 Å². The molecule has 0 radical (unpaired) electrons. The van der Waals surface area contributed by atoms with Crippen LogP contribution in [0.4, 0.5) is 0 Å². The molecule has 1 heterocycles. The minimum Gasteiger partial charge on any atom is -0.352 e. The van der Waals surface area contributed by atoms with E-state index in [0.29, 0.717) is 13.0 Å². The number of rotatable bonds is 6. The third-order valence-electron chi connectivity index (χ3n) is 3.20. The smallest absolute Gasteiger partial charge is 0.220 e. The Kier molecular flexibility index (Phi) is 4.53. The second kappa shape index (κ2) is 6.36. The number of carbonyl (C=O) groups is 1. The van der Waals surface area contributed by atoms with Gasteiger partial charge in [-0.2, -0.15) is 0 Å². The fourth-order valence-corrected chi connectivity index (χ4v) is 2.15. The molecular formula is C15H20N2O. The van der Waals surface area contributed by atoms with Crippen LogP contribution in [-0.2, 0) is 24.4 Å². The summed E-state index contributed by atoms with van der Waals surface area (Å²) in [5.41, 5.74) is 3.90. The Morgan fingerprint density at radius 1 is 1.39 bits per heavy atom. The van der Waals surface area contributed by atoms with Crippen LogP contribution >= 0.6 is 0 Å². The molecule has 0 atom stereocenters. The van der Waals surface area contributed by atoms with Crippen molar-refractivity contribution in [3.63, 3.8) is 0 Å². The number of fused-ring (bicyclic) bond motifs is 1. The summed E-state index contributed by atoms with van der Waals surface area (Å²) in [6.07, 6.45) is 4.21. The van der Waals surface area contributed by atoms with Gasteiger partial charge in [-0.15, -0.1) is 6.58 Å². The molecule has 1 aromatic rings. The maximum Gasteiger partial charge on any atom is 0.220 e. The number of hydrogen-bond donors (Lipinski definition) is 2. The Balaban J connectivity index is 1.79. The highest BCUT2D eigenvalue weighted by molar-refractivity contribution is 5.75. The predicted molar refractivity (Wildman–Crippen MR) is 72.9 cm³/mol. The Bertz CT molecular complexity index is 440. The lowest BCUT2D eigenvalue weighted by molar-refractivity contribution is -0.121. The number of nitrogens with one attached hydrogen (secondary N) is 2. The summed E-state index contributed by atoms with van der Waals surface area (Å²) in [5, 5.41) is 6.27. The summed E-state index contributed by atoms with van der Waals surface area (Å²) in [4.78, 5) is 11.6. The Morgan fingerprint density at radius 3 is 3.06 bits per heavy atom. The molecule has 0 saturated heterocycles. The monoisotopic (exact) mass is 244 g/mol. The van der Waals surface area contributed by atoms with Crippen LogP contribution < -0.4 is 10.6 Å². The summed E-state index contributed by atoms with van der Waals surface area (Å²) in [6.45, 7) is 6.17. The zero-order chi connectivity index (χ0) is 12.8. The summed E-state index contributed by atoms with van der Waals surface area (Å²) in [5.74, 6) is 0.121. The van der Waals surface area contributed by atoms with Crippen LogP contribution in [0, 0.1) is 0 Å². The van der Waals surface area contributed by atoms with Gasteiger partial charge in [0.05, 0.1) is 0 Å². The zero-order valence-corrected chi connectivity index (χ0v) is 10.7. The minimum atomic E-state index is 0.121. The van der Waals surface area contributed by atoms with Gasteiger partial charge in [-0.25, -0.2) is 0 Å². The van der Waals surface area contributed by atoms with E-state index in [1.165, 1.54) is 16.7 Å². The van der Waals surface area contributed by atoms with Gasteiger partial charge in [-0.3, -0.25) is 4.79 Å². The van der Waals surface area contributed by atoms with Gasteiger partial charge in [0.1, 0.15) is 0 Å². The molecule has 1 aromatic carbocycles. The van der Waals surface area contributed by atoms with E-state index < -0.39 is 0 Å². The van der Waals surface area contributed by atoms with Gasteiger partial charge in [-0.05, 0) is 29.5 Å². The first kappa shape index (κ1) is 12.8. The number of allylic oxidation sites excluding steroid dienone is 1. The first-order valence-corrected chi connectivity index (χ1v) is 6.48. The standard InChI is InChI=1S/C15H20N2O/c1-2-3-4-5-15(18)17-9-12-6-7-13-10-16-11-14(13)8-12/h2,6-8,16H,1,3-5,9-11H2,(H,17,18). The number of benzene rings is 1. The lowest BCUT2D eigenvalue weighted by atomic mass is 10.1. The molecule has 0 bridgehead atoms. The van der Waals surface area contributed by atoms with Crippen molar-refractivity contribution in [2.75, 3.05) is 0 Å². The number of unbranched alkanes of at least 4 members (excludes halogenated alkanes) is 1. The second-order valence-corrected chi connectivity index (χ2v) is 4.66. The topological polar surface area (TPSA) is 41.1 Å². The average Bonchev–Trinajstić information content (AvgIpc) is 2.84. The van der Waals surface area contributed by atoms with Gasteiger partial charge in [0, 0.05) is 26.1 Å². The molecule has 3 heteroatoms. The van der Waals surface area contributed by atoms with E-state index in [-0.39, 0.29) is 5.91 Å². The van der Waals surface area contributed by atoms with E-state index in [9.17, 15) is 4.79 Å². The maximum atomic E-state index is 11.6. The summed E-state index contributed by atoms with van der Waals surface area (Å²) >= 11 is 0. The molecule has 0 unspecified atom stereocenters. The van der Waals surface area contributed by atoms with E-state index in [1.807, 2.05) is 6.08 Å². The van der Waals surface area contributed by atoms with Crippen molar-refractivity contribution in [3.8, 4) is 0 Å². The minimum absolute atomic E-state index is 0.121. The van der Waals surface area contributed by atoms with Crippen molar-refractivity contribution >= 4 is 5.91 Å². The first-order valence-electron chi connectivity index (χ1n) is 6.48. The summed E-state index contributed by atoms with van der Waals surface area (Å²) in [7, 11) is 0. The molecule has 96 valence electrons. The fraction of sp³-hybridized carbons (Fsp3) is 0.400. The lowest BCUT2D eigenvalue weighted by Crippen LogP contribution is -2.22. The third kappa shape index (κ3) is 3.44. The molecule has 0 saturated carbocycles. The van der Waals surface area contributed by atoms with Crippen LogP contribution in [0.25, 0.3) is 0 Å². The van der Waals surface area contributed by atoms with Crippen molar-refractivity contribution < 1.29 is 4.79 Å². The maximum absolute atomic E-state index is 11.6. The SMILES string of the molecule is C=CCCCC(=O)NCc1ccc2c(c1)CNC2. The molecule has 0 aromatic heterocycles. The second-order valence-electron chi connectivity index (χ2n) is 4.66. The molecule has 0 aliphatic carbocycles. The van der Waals surface area contributed by atoms with Gasteiger partial charge in [0.25, 0.3) is 0 Å². The highest BCUT2D eigenvalue weighted by Gasteiger charge is 2.10. The molecule has 2 N–H and O–H groups in total. The molecule has 3 nitrogen and oxygen atoms in total. The molecular weight excluding hydrogens is 224 g/mol. The first-order chi connectivity index (χ1) is 8.79. The molecule has 0 spiro atoms. The van der Waals surface area contributed by atoms with Gasteiger partial charge in [0.15, 0.2) is 0 Å². The number of carbonyl (C=O) groups excluding carboxylic acids is 1. The van der Waals surface area contributed by atoms with E-state index in [4.69, 9.17) is 0 Å². The highest BCUT2D eigenvalue weighted by Crippen LogP contribution is 2.16. The quantitative estimate of drug-likeness (QED) is 0.595. The van der Waals surface area contributed by atoms with Crippen LogP contribution in [-0.4, -0.2) is 5.91 Å². The number of hydrogen-bond acceptors (Lipinski definition) is 2. The highest BCUT2D eigenvalue weighted by atomic mass is 16.1. The molecule has 1 aliphatic rings. The Labute approximate surface area is 108 Å². The molecule has 1 aliphatic heterocycles. The van der Waals surface area contributed by atoms with Crippen molar-refractivity contribution in [2.24, 2.45) is 0 Å². The predicted octanol–water partition coefficient (Wildman–Crippen LogP) is 2.26. The summed E-state index contributed by atoms with van der Waals surface area (Å²) < 4.78 is 0. The number of amides is 1. The Morgan fingerprint density at radius 2 is 2.22 bits per heavy atom. The van der Waals surface area contributed by atoms with Gasteiger partial charge in [0.2, 0.25) is 5.91 Å². The van der Waals surface area contributed by atoms with Crippen molar-refractivity contribution in [1.82, 2.24) is 10.6 Å². The Hall–Kier alpha value is -1.61. The third-order valence-corrected chi connectivity index (χ3v) is 3.20. The molecule has 1 amide bonds. The van der Waals surface area contributed by atoms with Gasteiger partial charge < -0.3 is 10.6 Å². The fourth-order valence-electron chi connectivity index (χ4n) is 2.15. The van der Waals surface area contributed by atoms with Crippen molar-refractivity contribution in [3.05, 3.63) is 47.5 Å². The normalized spacial score (nSPS) is 13.1. The van der Waals surface area contributed by atoms with Crippen LogP contribution in [0.1, 0.15) is 36.0 Å². The summed E-state index contributed by atoms with van der Waals surface area (Å²) in [6, 6.07) is 6.42. The van der Waals surface area contributed by atoms with E-state index in [0.717, 1.165) is 25.9 Å². The van der Waals surface area contributed by atoms with E-state index >= 15 is 0 Å². The van der Waals surface area contributed by atoms with Gasteiger partial charge >= 0.3 is 0 Å². The van der Waals surface area contributed by atoms with Crippen molar-refractivity contribution in [1.29, 1.82) is 0 Å². The van der Waals surface area contributed by atoms with E-state index in [1.54, 1.807) is 0 Å². The molecule has 0 fully saturated rings. The van der Waals surface area contributed by atoms with E-state index in [2.05, 4.69) is 35.4 Å².